The predicted octanol–water partition coefficient (Wildman–Crippen LogP) is 4.06. The van der Waals surface area contributed by atoms with Crippen LogP contribution in [-0.2, 0) is 13.2 Å². The summed E-state index contributed by atoms with van der Waals surface area (Å²) in [4.78, 5) is 5.74. The van der Waals surface area contributed by atoms with Crippen molar-refractivity contribution < 1.29 is 4.74 Å². The molecule has 1 saturated carbocycles. The Morgan fingerprint density at radius 2 is 2.00 bits per heavy atom. The van der Waals surface area contributed by atoms with Crippen molar-refractivity contribution >= 4 is 11.3 Å². The molecule has 1 aliphatic carbocycles. The summed E-state index contributed by atoms with van der Waals surface area (Å²) in [6.07, 6.45) is 7.36. The van der Waals surface area contributed by atoms with Crippen molar-refractivity contribution in [2.75, 3.05) is 0 Å². The minimum absolute atomic E-state index is 0.553. The van der Waals surface area contributed by atoms with Crippen LogP contribution in [0.5, 0.6) is 5.75 Å². The van der Waals surface area contributed by atoms with Crippen LogP contribution in [0.3, 0.4) is 0 Å². The highest BCUT2D eigenvalue weighted by Gasteiger charge is 2.14. The van der Waals surface area contributed by atoms with Crippen LogP contribution in [0.4, 0.5) is 0 Å². The fraction of sp³-hybridized carbons (Fsp3) is 0.471. The molecule has 0 amide bonds. The van der Waals surface area contributed by atoms with E-state index in [1.807, 2.05) is 18.3 Å². The molecule has 0 aliphatic heterocycles. The van der Waals surface area contributed by atoms with E-state index in [4.69, 9.17) is 4.74 Å². The van der Waals surface area contributed by atoms with Gasteiger partial charge in [0.15, 0.2) is 0 Å². The molecule has 4 heteroatoms. The van der Waals surface area contributed by atoms with Crippen LogP contribution in [-0.4, -0.2) is 11.0 Å². The molecule has 1 aromatic heterocycles. The number of aryl methyl sites for hydroxylation is 1. The lowest BCUT2D eigenvalue weighted by Gasteiger charge is -2.09. The van der Waals surface area contributed by atoms with E-state index >= 15 is 0 Å². The topological polar surface area (TPSA) is 34.1 Å². The van der Waals surface area contributed by atoms with Gasteiger partial charge in [0.2, 0.25) is 0 Å². The molecule has 0 unspecified atom stereocenters. The standard InChI is InChI=1S/C17H22N2OS/c1-13-6-8-15(9-7-13)20-12-17-19-11-16(21-17)10-18-14-4-2-3-5-14/h6-9,11,14,18H,2-5,10,12H2,1H3. The number of thiazole rings is 1. The van der Waals surface area contributed by atoms with E-state index in [0.717, 1.165) is 17.3 Å². The molecule has 0 bridgehead atoms. The number of ether oxygens (including phenoxy) is 1. The van der Waals surface area contributed by atoms with Crippen LogP contribution >= 0.6 is 11.3 Å². The van der Waals surface area contributed by atoms with Gasteiger partial charge < -0.3 is 10.1 Å². The molecule has 3 nitrogen and oxygen atoms in total. The van der Waals surface area contributed by atoms with E-state index in [-0.39, 0.29) is 0 Å². The molecular formula is C17H22N2OS. The molecule has 0 radical (unpaired) electrons. The quantitative estimate of drug-likeness (QED) is 0.873. The van der Waals surface area contributed by atoms with E-state index in [1.54, 1.807) is 11.3 Å². The number of hydrogen-bond acceptors (Lipinski definition) is 4. The van der Waals surface area contributed by atoms with E-state index < -0.39 is 0 Å². The second-order valence-electron chi connectivity index (χ2n) is 5.68. The summed E-state index contributed by atoms with van der Waals surface area (Å²) in [6.45, 7) is 3.57. The van der Waals surface area contributed by atoms with E-state index in [1.165, 1.54) is 36.1 Å². The minimum Gasteiger partial charge on any atom is -0.486 e. The Kier molecular flexibility index (Phi) is 4.88. The first-order valence-corrected chi connectivity index (χ1v) is 8.48. The smallest absolute Gasteiger partial charge is 0.140 e. The molecule has 3 rings (SSSR count). The Hall–Kier alpha value is -1.39. The average molecular weight is 302 g/mol. The Labute approximate surface area is 130 Å². The van der Waals surface area contributed by atoms with Crippen LogP contribution < -0.4 is 10.1 Å². The average Bonchev–Trinajstić information content (AvgIpc) is 3.16. The lowest BCUT2D eigenvalue weighted by atomic mass is 10.2. The van der Waals surface area contributed by atoms with Gasteiger partial charge in [0, 0.05) is 23.7 Å². The van der Waals surface area contributed by atoms with Gasteiger partial charge in [0.05, 0.1) is 0 Å². The third-order valence-electron chi connectivity index (χ3n) is 3.90. The summed E-state index contributed by atoms with van der Waals surface area (Å²) < 4.78 is 5.77. The molecule has 0 saturated heterocycles. The van der Waals surface area contributed by atoms with Crippen LogP contribution in [0, 0.1) is 6.92 Å². The lowest BCUT2D eigenvalue weighted by molar-refractivity contribution is 0.305. The Morgan fingerprint density at radius 3 is 2.76 bits per heavy atom. The van der Waals surface area contributed by atoms with Crippen molar-refractivity contribution in [2.24, 2.45) is 0 Å². The van der Waals surface area contributed by atoms with Gasteiger partial charge in [-0.05, 0) is 31.9 Å². The van der Waals surface area contributed by atoms with Crippen molar-refractivity contribution in [3.05, 3.63) is 45.9 Å². The third kappa shape index (κ3) is 4.29. The lowest BCUT2D eigenvalue weighted by Crippen LogP contribution is -2.24. The second-order valence-corrected chi connectivity index (χ2v) is 6.88. The molecular weight excluding hydrogens is 280 g/mol. The van der Waals surface area contributed by atoms with Crippen LogP contribution in [0.25, 0.3) is 0 Å². The molecule has 1 fully saturated rings. The fourth-order valence-corrected chi connectivity index (χ4v) is 3.44. The van der Waals surface area contributed by atoms with Gasteiger partial charge in [-0.1, -0.05) is 30.5 Å². The number of nitrogens with zero attached hydrogens (tertiary/aromatic N) is 1. The van der Waals surface area contributed by atoms with Crippen molar-refractivity contribution in [3.8, 4) is 5.75 Å². The molecule has 21 heavy (non-hydrogen) atoms. The van der Waals surface area contributed by atoms with Gasteiger partial charge in [-0.2, -0.15) is 0 Å². The van der Waals surface area contributed by atoms with E-state index in [0.29, 0.717) is 12.6 Å². The molecule has 0 atom stereocenters. The summed E-state index contributed by atoms with van der Waals surface area (Å²) in [5.41, 5.74) is 1.25. The molecule has 112 valence electrons. The zero-order valence-electron chi connectivity index (χ0n) is 12.5. The van der Waals surface area contributed by atoms with Crippen LogP contribution in [0.15, 0.2) is 30.5 Å². The number of rotatable bonds is 6. The van der Waals surface area contributed by atoms with Gasteiger partial charge >= 0.3 is 0 Å². The molecule has 0 spiro atoms. The highest BCUT2D eigenvalue weighted by atomic mass is 32.1. The molecule has 1 aromatic carbocycles. The molecule has 2 aromatic rings. The van der Waals surface area contributed by atoms with Gasteiger partial charge in [-0.3, -0.25) is 0 Å². The zero-order chi connectivity index (χ0) is 14.5. The SMILES string of the molecule is Cc1ccc(OCc2ncc(CNC3CCCC3)s2)cc1. The first-order chi connectivity index (χ1) is 10.3. The number of nitrogens with one attached hydrogen (secondary N) is 1. The Morgan fingerprint density at radius 1 is 1.24 bits per heavy atom. The van der Waals surface area contributed by atoms with Crippen LogP contribution in [0.1, 0.15) is 41.1 Å². The first kappa shape index (κ1) is 14.5. The van der Waals surface area contributed by atoms with E-state index in [9.17, 15) is 0 Å². The van der Waals surface area contributed by atoms with Crippen LogP contribution in [0.2, 0.25) is 0 Å². The van der Waals surface area contributed by atoms with Gasteiger partial charge in [-0.25, -0.2) is 4.98 Å². The van der Waals surface area contributed by atoms with Gasteiger partial charge in [0.1, 0.15) is 17.4 Å². The maximum absolute atomic E-state index is 5.77. The number of hydrogen-bond donors (Lipinski definition) is 1. The van der Waals surface area contributed by atoms with Gasteiger partial charge in [-0.15, -0.1) is 11.3 Å². The highest BCUT2D eigenvalue weighted by Crippen LogP contribution is 2.20. The summed E-state index contributed by atoms with van der Waals surface area (Å²) in [7, 11) is 0. The van der Waals surface area contributed by atoms with Crippen molar-refractivity contribution in [2.45, 2.75) is 51.8 Å². The zero-order valence-corrected chi connectivity index (χ0v) is 13.3. The normalized spacial score (nSPS) is 15.5. The number of aromatic nitrogens is 1. The van der Waals surface area contributed by atoms with E-state index in [2.05, 4.69) is 29.4 Å². The monoisotopic (exact) mass is 302 g/mol. The van der Waals surface area contributed by atoms with Gasteiger partial charge in [0.25, 0.3) is 0 Å². The summed E-state index contributed by atoms with van der Waals surface area (Å²) in [6, 6.07) is 8.85. The maximum Gasteiger partial charge on any atom is 0.140 e. The summed E-state index contributed by atoms with van der Waals surface area (Å²) in [5, 5.41) is 4.66. The Bertz CT molecular complexity index is 558. The minimum atomic E-state index is 0.553. The summed E-state index contributed by atoms with van der Waals surface area (Å²) >= 11 is 1.74. The second kappa shape index (κ2) is 7.05. The third-order valence-corrected chi connectivity index (χ3v) is 4.88. The predicted molar refractivity (Wildman–Crippen MR) is 86.7 cm³/mol. The molecule has 1 heterocycles. The maximum atomic E-state index is 5.77. The van der Waals surface area contributed by atoms with Crippen molar-refractivity contribution in [1.29, 1.82) is 0 Å². The fourth-order valence-electron chi connectivity index (χ4n) is 2.65. The highest BCUT2D eigenvalue weighted by molar-refractivity contribution is 7.11. The first-order valence-electron chi connectivity index (χ1n) is 7.66. The molecule has 1 N–H and O–H groups in total. The van der Waals surface area contributed by atoms with Crippen molar-refractivity contribution in [1.82, 2.24) is 10.3 Å². The molecule has 1 aliphatic rings. The number of benzene rings is 1. The van der Waals surface area contributed by atoms with Crippen molar-refractivity contribution in [3.63, 3.8) is 0 Å². The largest absolute Gasteiger partial charge is 0.486 e. The Balaban J connectivity index is 1.46. The summed E-state index contributed by atoms with van der Waals surface area (Å²) in [5.74, 6) is 0.904.